The molecule has 0 amide bonds. The summed E-state index contributed by atoms with van der Waals surface area (Å²) < 4.78 is 37.0. The molecule has 31 heavy (non-hydrogen) atoms. The first-order valence-corrected chi connectivity index (χ1v) is 10.2. The Morgan fingerprint density at radius 2 is 2.03 bits per heavy atom. The van der Waals surface area contributed by atoms with Crippen LogP contribution in [-0.4, -0.2) is 50.2 Å². The van der Waals surface area contributed by atoms with Gasteiger partial charge in [0.15, 0.2) is 0 Å². The van der Waals surface area contributed by atoms with Crippen LogP contribution in [0.4, 0.5) is 14.7 Å². The predicted molar refractivity (Wildman–Crippen MR) is 111 cm³/mol. The summed E-state index contributed by atoms with van der Waals surface area (Å²) in [5.41, 5.74) is 3.44. The Balaban J connectivity index is 1.39. The van der Waals surface area contributed by atoms with Crippen molar-refractivity contribution in [1.29, 1.82) is 0 Å². The molecule has 0 unspecified atom stereocenters. The number of anilines is 1. The first-order valence-electron chi connectivity index (χ1n) is 10.2. The molecule has 1 fully saturated rings. The van der Waals surface area contributed by atoms with Crippen LogP contribution in [0.25, 0.3) is 27.8 Å². The second kappa shape index (κ2) is 8.10. The molecule has 1 aliphatic rings. The number of hydrogen-bond donors (Lipinski definition) is 2. The lowest BCUT2D eigenvalue weighted by Gasteiger charge is -2.28. The molecule has 4 aromatic rings. The van der Waals surface area contributed by atoms with Gasteiger partial charge in [-0.2, -0.15) is 18.7 Å². The summed E-state index contributed by atoms with van der Waals surface area (Å²) in [5, 5.41) is 4.11. The van der Waals surface area contributed by atoms with E-state index in [0.29, 0.717) is 43.2 Å². The van der Waals surface area contributed by atoms with Crippen LogP contribution >= 0.6 is 0 Å². The topological polar surface area (TPSA) is 89.4 Å². The van der Waals surface area contributed by atoms with Crippen molar-refractivity contribution in [3.05, 3.63) is 36.9 Å². The highest BCUT2D eigenvalue weighted by atomic mass is 19.3. The van der Waals surface area contributed by atoms with Crippen LogP contribution < -0.4 is 10.1 Å². The standard InChI is InChI=1S/C21H22F2N6O2/c1-30-19-17-15(12-2-7-16-24-8-9-29(16)11-12)10-25-18(17)27-21(28-19)26-13-3-5-14(6-4-13)31-20(22)23/h2,7-11,13-14,20H,3-6H2,1H3,(H2,25,26,27,28). The molecule has 0 spiro atoms. The van der Waals surface area contributed by atoms with E-state index >= 15 is 0 Å². The number of ether oxygens (including phenoxy) is 2. The van der Waals surface area contributed by atoms with E-state index in [1.54, 1.807) is 13.3 Å². The Hall–Kier alpha value is -3.27. The van der Waals surface area contributed by atoms with E-state index < -0.39 is 12.7 Å². The Kier molecular flexibility index (Phi) is 5.14. The van der Waals surface area contributed by atoms with Gasteiger partial charge in [-0.25, -0.2) is 4.98 Å². The van der Waals surface area contributed by atoms with Crippen molar-refractivity contribution in [2.75, 3.05) is 12.4 Å². The normalized spacial score (nSPS) is 19.4. The van der Waals surface area contributed by atoms with Crippen molar-refractivity contribution in [2.45, 2.75) is 44.4 Å². The zero-order valence-electron chi connectivity index (χ0n) is 16.9. The second-order valence-electron chi connectivity index (χ2n) is 7.61. The number of methoxy groups -OCH3 is 1. The number of alkyl halides is 2. The highest BCUT2D eigenvalue weighted by Crippen LogP contribution is 2.35. The molecule has 0 radical (unpaired) electrons. The second-order valence-corrected chi connectivity index (χ2v) is 7.61. The predicted octanol–water partition coefficient (Wildman–Crippen LogP) is 4.24. The fourth-order valence-electron chi connectivity index (χ4n) is 4.19. The number of fused-ring (bicyclic) bond motifs is 2. The molecular formula is C21H22F2N6O2. The molecular weight excluding hydrogens is 406 g/mol. The molecule has 4 heterocycles. The third-order valence-electron chi connectivity index (χ3n) is 5.69. The van der Waals surface area contributed by atoms with Crippen LogP contribution in [0.5, 0.6) is 5.88 Å². The lowest BCUT2D eigenvalue weighted by atomic mass is 9.93. The molecule has 5 rings (SSSR count). The van der Waals surface area contributed by atoms with Crippen LogP contribution in [0.1, 0.15) is 25.7 Å². The summed E-state index contributed by atoms with van der Waals surface area (Å²) in [5.74, 6) is 0.908. The number of hydrogen-bond acceptors (Lipinski definition) is 6. The molecule has 10 heteroatoms. The average Bonchev–Trinajstić information content (AvgIpc) is 3.40. The zero-order valence-corrected chi connectivity index (χ0v) is 16.9. The summed E-state index contributed by atoms with van der Waals surface area (Å²) in [6.45, 7) is -2.72. The summed E-state index contributed by atoms with van der Waals surface area (Å²) in [6, 6.07) is 4.04. The third-order valence-corrected chi connectivity index (χ3v) is 5.69. The maximum Gasteiger partial charge on any atom is 0.345 e. The van der Waals surface area contributed by atoms with E-state index in [-0.39, 0.29) is 6.04 Å². The lowest BCUT2D eigenvalue weighted by Crippen LogP contribution is -2.31. The molecule has 0 aromatic carbocycles. The van der Waals surface area contributed by atoms with Crippen molar-refractivity contribution in [1.82, 2.24) is 24.3 Å². The Morgan fingerprint density at radius 3 is 2.81 bits per heavy atom. The number of rotatable bonds is 6. The number of H-pyrrole nitrogens is 1. The Labute approximate surface area is 176 Å². The monoisotopic (exact) mass is 428 g/mol. The summed E-state index contributed by atoms with van der Waals surface area (Å²) in [4.78, 5) is 16.7. The first kappa shape index (κ1) is 19.7. The Bertz CT molecular complexity index is 1200. The van der Waals surface area contributed by atoms with Crippen molar-refractivity contribution in [2.24, 2.45) is 0 Å². The van der Waals surface area contributed by atoms with Crippen molar-refractivity contribution >= 4 is 22.6 Å². The maximum absolute atomic E-state index is 12.4. The van der Waals surface area contributed by atoms with Gasteiger partial charge in [0.05, 0.1) is 18.6 Å². The van der Waals surface area contributed by atoms with Gasteiger partial charge >= 0.3 is 6.61 Å². The van der Waals surface area contributed by atoms with Gasteiger partial charge in [-0.05, 0) is 37.8 Å². The maximum atomic E-state index is 12.4. The smallest absolute Gasteiger partial charge is 0.345 e. The number of imidazole rings is 1. The number of halogens is 2. The van der Waals surface area contributed by atoms with Gasteiger partial charge in [-0.3, -0.25) is 0 Å². The SMILES string of the molecule is COc1nc(NC2CCC(OC(F)F)CC2)nc2[nH]cc(-c3ccc4nccn4c3)c12. The number of pyridine rings is 1. The van der Waals surface area contributed by atoms with E-state index in [1.807, 2.05) is 35.1 Å². The third kappa shape index (κ3) is 3.90. The van der Waals surface area contributed by atoms with Gasteiger partial charge < -0.3 is 24.2 Å². The number of nitrogens with one attached hydrogen (secondary N) is 2. The van der Waals surface area contributed by atoms with Crippen LogP contribution in [0.15, 0.2) is 36.9 Å². The average molecular weight is 428 g/mol. The van der Waals surface area contributed by atoms with Gasteiger partial charge in [0.25, 0.3) is 0 Å². The lowest BCUT2D eigenvalue weighted by molar-refractivity contribution is -0.169. The van der Waals surface area contributed by atoms with Crippen LogP contribution in [0, 0.1) is 0 Å². The molecule has 0 saturated heterocycles. The van der Waals surface area contributed by atoms with Crippen molar-refractivity contribution < 1.29 is 18.3 Å². The number of aromatic amines is 1. The zero-order chi connectivity index (χ0) is 21.4. The van der Waals surface area contributed by atoms with E-state index in [1.165, 1.54) is 0 Å². The molecule has 8 nitrogen and oxygen atoms in total. The van der Waals surface area contributed by atoms with Crippen LogP contribution in [-0.2, 0) is 4.74 Å². The van der Waals surface area contributed by atoms with Crippen LogP contribution in [0.3, 0.4) is 0 Å². The molecule has 1 saturated carbocycles. The molecule has 0 bridgehead atoms. The van der Waals surface area contributed by atoms with E-state index in [2.05, 4.69) is 30.0 Å². The van der Waals surface area contributed by atoms with Crippen molar-refractivity contribution in [3.8, 4) is 17.0 Å². The van der Waals surface area contributed by atoms with E-state index in [9.17, 15) is 8.78 Å². The number of aromatic nitrogens is 5. The summed E-state index contributed by atoms with van der Waals surface area (Å²) in [6.07, 6.45) is 9.70. The minimum atomic E-state index is -2.72. The largest absolute Gasteiger partial charge is 0.480 e. The van der Waals surface area contributed by atoms with E-state index in [4.69, 9.17) is 4.74 Å². The highest BCUT2D eigenvalue weighted by Gasteiger charge is 2.25. The molecule has 0 atom stereocenters. The molecule has 0 aliphatic heterocycles. The summed E-state index contributed by atoms with van der Waals surface area (Å²) >= 11 is 0. The van der Waals surface area contributed by atoms with Crippen molar-refractivity contribution in [3.63, 3.8) is 0 Å². The molecule has 4 aromatic heterocycles. The quantitative estimate of drug-likeness (QED) is 0.477. The summed E-state index contributed by atoms with van der Waals surface area (Å²) in [7, 11) is 1.58. The molecule has 2 N–H and O–H groups in total. The first-order chi connectivity index (χ1) is 15.1. The minimum Gasteiger partial charge on any atom is -0.480 e. The van der Waals surface area contributed by atoms with Gasteiger partial charge in [0.1, 0.15) is 11.3 Å². The van der Waals surface area contributed by atoms with Gasteiger partial charge in [-0.15, -0.1) is 0 Å². The van der Waals surface area contributed by atoms with Crippen LogP contribution in [0.2, 0.25) is 0 Å². The Morgan fingerprint density at radius 1 is 1.19 bits per heavy atom. The van der Waals surface area contributed by atoms with Gasteiger partial charge in [0, 0.05) is 42.0 Å². The minimum absolute atomic E-state index is 0.0951. The van der Waals surface area contributed by atoms with Gasteiger partial charge in [0.2, 0.25) is 11.8 Å². The van der Waals surface area contributed by atoms with Gasteiger partial charge in [-0.1, -0.05) is 0 Å². The number of nitrogens with zero attached hydrogens (tertiary/aromatic N) is 4. The highest BCUT2D eigenvalue weighted by molar-refractivity contribution is 5.97. The molecule has 1 aliphatic carbocycles. The van der Waals surface area contributed by atoms with E-state index in [0.717, 1.165) is 22.2 Å². The fraction of sp³-hybridized carbons (Fsp3) is 0.381. The fourth-order valence-corrected chi connectivity index (χ4v) is 4.19. The molecule has 162 valence electrons.